The molecule has 23 heavy (non-hydrogen) atoms. The van der Waals surface area contributed by atoms with Crippen molar-refractivity contribution in [1.82, 2.24) is 10.2 Å². The van der Waals surface area contributed by atoms with Crippen LogP contribution in [0, 0.1) is 0 Å². The van der Waals surface area contributed by atoms with Crippen LogP contribution in [0.4, 0.5) is 0 Å². The molecular weight excluding hydrogens is 335 g/mol. The minimum Gasteiger partial charge on any atom is -0.353 e. The van der Waals surface area contributed by atoms with Gasteiger partial charge in [0.1, 0.15) is 0 Å². The monoisotopic (exact) mass is 356 g/mol. The van der Waals surface area contributed by atoms with Gasteiger partial charge >= 0.3 is 0 Å². The molecule has 1 aliphatic rings. The van der Waals surface area contributed by atoms with Gasteiger partial charge in [-0.2, -0.15) is 0 Å². The first-order chi connectivity index (χ1) is 11.0. The van der Waals surface area contributed by atoms with Gasteiger partial charge in [0.05, 0.1) is 10.6 Å². The fourth-order valence-corrected chi connectivity index (χ4v) is 3.19. The SMILES string of the molecule is CCCCC(=O)NC1CCN(C(=O)c2ccc(Cl)cc2Cl)CC1. The maximum Gasteiger partial charge on any atom is 0.255 e. The van der Waals surface area contributed by atoms with Crippen LogP contribution >= 0.6 is 23.2 Å². The maximum atomic E-state index is 12.5. The summed E-state index contributed by atoms with van der Waals surface area (Å²) in [6.45, 7) is 3.31. The van der Waals surface area contributed by atoms with Crippen molar-refractivity contribution in [2.24, 2.45) is 0 Å². The standard InChI is InChI=1S/C17H22Cl2N2O2/c1-2-3-4-16(22)20-13-7-9-21(10-8-13)17(23)14-6-5-12(18)11-15(14)19/h5-6,11,13H,2-4,7-10H2,1H3,(H,20,22). The van der Waals surface area contributed by atoms with Gasteiger partial charge in [0.25, 0.3) is 5.91 Å². The molecular formula is C17H22Cl2N2O2. The molecule has 1 fully saturated rings. The molecule has 1 aromatic carbocycles. The van der Waals surface area contributed by atoms with Crippen molar-refractivity contribution in [3.8, 4) is 0 Å². The Kier molecular flexibility index (Phi) is 6.72. The molecule has 1 N–H and O–H groups in total. The van der Waals surface area contributed by atoms with Gasteiger partial charge in [-0.15, -0.1) is 0 Å². The number of piperidine rings is 1. The summed E-state index contributed by atoms with van der Waals surface area (Å²) < 4.78 is 0. The largest absolute Gasteiger partial charge is 0.353 e. The molecule has 2 rings (SSSR count). The molecule has 126 valence electrons. The molecule has 2 amide bonds. The van der Waals surface area contributed by atoms with Crippen LogP contribution in [0.1, 0.15) is 49.4 Å². The number of carbonyl (C=O) groups excluding carboxylic acids is 2. The minimum atomic E-state index is -0.0811. The summed E-state index contributed by atoms with van der Waals surface area (Å²) >= 11 is 12.0. The van der Waals surface area contributed by atoms with E-state index in [0.29, 0.717) is 35.1 Å². The van der Waals surface area contributed by atoms with Crippen molar-refractivity contribution in [3.05, 3.63) is 33.8 Å². The third-order valence-corrected chi connectivity index (χ3v) is 4.61. The zero-order valence-electron chi connectivity index (χ0n) is 13.3. The second-order valence-electron chi connectivity index (χ2n) is 5.86. The van der Waals surface area contributed by atoms with E-state index in [-0.39, 0.29) is 17.9 Å². The average Bonchev–Trinajstić information content (AvgIpc) is 2.53. The number of benzene rings is 1. The number of unbranched alkanes of at least 4 members (excludes halogenated alkanes) is 1. The van der Waals surface area contributed by atoms with Crippen LogP contribution in [0.5, 0.6) is 0 Å². The Labute approximate surface area is 147 Å². The molecule has 0 aliphatic carbocycles. The van der Waals surface area contributed by atoms with Crippen molar-refractivity contribution >= 4 is 35.0 Å². The number of nitrogens with one attached hydrogen (secondary N) is 1. The molecule has 1 aliphatic heterocycles. The van der Waals surface area contributed by atoms with E-state index in [9.17, 15) is 9.59 Å². The average molecular weight is 357 g/mol. The molecule has 4 nitrogen and oxygen atoms in total. The summed E-state index contributed by atoms with van der Waals surface area (Å²) in [6, 6.07) is 5.06. The van der Waals surface area contributed by atoms with Gasteiger partial charge in [-0.25, -0.2) is 0 Å². The van der Waals surface area contributed by atoms with Crippen LogP contribution in [-0.2, 0) is 4.79 Å². The minimum absolute atomic E-state index is 0.0811. The van der Waals surface area contributed by atoms with Gasteiger partial charge in [-0.1, -0.05) is 36.5 Å². The molecule has 0 radical (unpaired) electrons. The lowest BCUT2D eigenvalue weighted by molar-refractivity contribution is -0.122. The highest BCUT2D eigenvalue weighted by atomic mass is 35.5. The zero-order chi connectivity index (χ0) is 16.8. The third-order valence-electron chi connectivity index (χ3n) is 4.07. The molecule has 0 aromatic heterocycles. The first kappa shape index (κ1) is 18.1. The fourth-order valence-electron chi connectivity index (χ4n) is 2.70. The van der Waals surface area contributed by atoms with Crippen LogP contribution < -0.4 is 5.32 Å². The maximum absolute atomic E-state index is 12.5. The van der Waals surface area contributed by atoms with Crippen LogP contribution in [0.2, 0.25) is 10.0 Å². The highest BCUT2D eigenvalue weighted by molar-refractivity contribution is 6.36. The van der Waals surface area contributed by atoms with Crippen molar-refractivity contribution in [2.45, 2.75) is 45.1 Å². The molecule has 0 atom stereocenters. The van der Waals surface area contributed by atoms with Gasteiger partial charge < -0.3 is 10.2 Å². The lowest BCUT2D eigenvalue weighted by Gasteiger charge is -2.32. The first-order valence-electron chi connectivity index (χ1n) is 8.05. The Morgan fingerprint density at radius 1 is 1.26 bits per heavy atom. The summed E-state index contributed by atoms with van der Waals surface area (Å²) in [7, 11) is 0. The van der Waals surface area contributed by atoms with Gasteiger partial charge in [0.15, 0.2) is 0 Å². The van der Waals surface area contributed by atoms with Crippen LogP contribution in [0.25, 0.3) is 0 Å². The number of nitrogens with zero attached hydrogens (tertiary/aromatic N) is 1. The lowest BCUT2D eigenvalue weighted by atomic mass is 10.0. The molecule has 0 bridgehead atoms. The highest BCUT2D eigenvalue weighted by Crippen LogP contribution is 2.23. The van der Waals surface area contributed by atoms with Gasteiger partial charge in [-0.05, 0) is 37.5 Å². The van der Waals surface area contributed by atoms with E-state index in [1.54, 1.807) is 23.1 Å². The van der Waals surface area contributed by atoms with E-state index in [0.717, 1.165) is 25.7 Å². The topological polar surface area (TPSA) is 49.4 Å². The zero-order valence-corrected chi connectivity index (χ0v) is 14.8. The molecule has 0 unspecified atom stereocenters. The summed E-state index contributed by atoms with van der Waals surface area (Å²) in [4.78, 5) is 26.1. The fraction of sp³-hybridized carbons (Fsp3) is 0.529. The Hall–Kier alpha value is -1.26. The Morgan fingerprint density at radius 2 is 1.96 bits per heavy atom. The van der Waals surface area contributed by atoms with Gasteiger partial charge in [0, 0.05) is 30.6 Å². The molecule has 6 heteroatoms. The van der Waals surface area contributed by atoms with Crippen molar-refractivity contribution in [1.29, 1.82) is 0 Å². The summed E-state index contributed by atoms with van der Waals surface area (Å²) in [5.41, 5.74) is 0.474. The van der Waals surface area contributed by atoms with Crippen LogP contribution in [0.3, 0.4) is 0 Å². The van der Waals surface area contributed by atoms with E-state index in [2.05, 4.69) is 12.2 Å². The predicted molar refractivity (Wildman–Crippen MR) is 93.1 cm³/mol. The smallest absolute Gasteiger partial charge is 0.255 e. The highest BCUT2D eigenvalue weighted by Gasteiger charge is 2.25. The second kappa shape index (κ2) is 8.55. The quantitative estimate of drug-likeness (QED) is 0.869. The van der Waals surface area contributed by atoms with Gasteiger partial charge in [-0.3, -0.25) is 9.59 Å². The van der Waals surface area contributed by atoms with E-state index < -0.39 is 0 Å². The van der Waals surface area contributed by atoms with Crippen LogP contribution in [-0.4, -0.2) is 35.8 Å². The van der Waals surface area contributed by atoms with Crippen molar-refractivity contribution in [3.63, 3.8) is 0 Å². The number of halogens is 2. The number of hydrogen-bond donors (Lipinski definition) is 1. The number of hydrogen-bond acceptors (Lipinski definition) is 2. The third kappa shape index (κ3) is 5.11. The van der Waals surface area contributed by atoms with E-state index >= 15 is 0 Å². The Morgan fingerprint density at radius 3 is 2.57 bits per heavy atom. The van der Waals surface area contributed by atoms with E-state index in [1.807, 2.05) is 0 Å². The normalized spacial score (nSPS) is 15.5. The van der Waals surface area contributed by atoms with Crippen LogP contribution in [0.15, 0.2) is 18.2 Å². The van der Waals surface area contributed by atoms with Gasteiger partial charge in [0.2, 0.25) is 5.91 Å². The molecule has 1 aromatic rings. The summed E-state index contributed by atoms with van der Waals surface area (Å²) in [5, 5.41) is 3.94. The number of carbonyl (C=O) groups is 2. The van der Waals surface area contributed by atoms with E-state index in [4.69, 9.17) is 23.2 Å². The molecule has 0 saturated carbocycles. The van der Waals surface area contributed by atoms with Crippen molar-refractivity contribution < 1.29 is 9.59 Å². The molecule has 0 spiro atoms. The summed E-state index contributed by atoms with van der Waals surface area (Å²) in [6.07, 6.45) is 4.06. The van der Waals surface area contributed by atoms with Crippen molar-refractivity contribution in [2.75, 3.05) is 13.1 Å². The Bertz CT molecular complexity index is 570. The molecule has 1 saturated heterocycles. The second-order valence-corrected chi connectivity index (χ2v) is 6.71. The lowest BCUT2D eigenvalue weighted by Crippen LogP contribution is -2.46. The Balaban J connectivity index is 1.86. The summed E-state index contributed by atoms with van der Waals surface area (Å²) in [5.74, 6) is 0.0276. The number of rotatable bonds is 5. The number of amides is 2. The first-order valence-corrected chi connectivity index (χ1v) is 8.80. The predicted octanol–water partition coefficient (Wildman–Crippen LogP) is 3.90. The molecule has 1 heterocycles. The number of likely N-dealkylation sites (tertiary alicyclic amines) is 1. The van der Waals surface area contributed by atoms with E-state index in [1.165, 1.54) is 0 Å².